The molecule has 2 N–H and O–H groups in total. The molecule has 0 aliphatic carbocycles. The first-order chi connectivity index (χ1) is 16.9. The lowest BCUT2D eigenvalue weighted by Crippen LogP contribution is -2.37. The van der Waals surface area contributed by atoms with Crippen LogP contribution in [0, 0.1) is 5.21 Å². The Morgan fingerprint density at radius 3 is 2.14 bits per heavy atom. The maximum atomic E-state index is 13.6. The predicted molar refractivity (Wildman–Crippen MR) is 129 cm³/mol. The number of nitrogens with zero attached hydrogens (tertiary/aromatic N) is 2. The molecule has 2 heterocycles. The molecule has 180 valence electrons. The lowest BCUT2D eigenvalue weighted by Gasteiger charge is -2.20. The smallest absolute Gasteiger partial charge is 0.355 e. The largest absolute Gasteiger partial charge is 0.618 e. The van der Waals surface area contributed by atoms with Gasteiger partial charge in [0.2, 0.25) is 5.75 Å². The number of hydrogen-bond donors (Lipinski definition) is 1. The number of nitrogen functional groups attached to an aromatic ring is 1. The van der Waals surface area contributed by atoms with Crippen LogP contribution in [-0.4, -0.2) is 39.0 Å². The third-order valence-corrected chi connectivity index (χ3v) is 5.58. The molecule has 4 rings (SSSR count). The molecule has 0 fully saturated rings. The van der Waals surface area contributed by atoms with Crippen molar-refractivity contribution in [1.29, 1.82) is 0 Å². The Bertz CT molecular complexity index is 1470. The fourth-order valence-electron chi connectivity index (χ4n) is 4.03. The van der Waals surface area contributed by atoms with Gasteiger partial charge < -0.3 is 29.9 Å². The number of pyridine rings is 2. The van der Waals surface area contributed by atoms with E-state index in [1.54, 1.807) is 42.5 Å². The normalized spacial score (nSPS) is 10.7. The number of carbonyl (C=O) groups is 1. The summed E-state index contributed by atoms with van der Waals surface area (Å²) in [5.41, 5.74) is 6.36. The first-order valence-corrected chi connectivity index (χ1v) is 10.4. The molecular weight excluding hydrogens is 454 g/mol. The van der Waals surface area contributed by atoms with E-state index < -0.39 is 11.5 Å². The molecule has 4 aromatic rings. The zero-order chi connectivity index (χ0) is 25.3. The van der Waals surface area contributed by atoms with Crippen LogP contribution in [0.15, 0.2) is 59.5 Å². The van der Waals surface area contributed by atoms with Crippen molar-refractivity contribution in [3.05, 3.63) is 76.0 Å². The summed E-state index contributed by atoms with van der Waals surface area (Å²) in [6.45, 7) is 0. The van der Waals surface area contributed by atoms with Gasteiger partial charge in [0.25, 0.3) is 5.52 Å². The van der Waals surface area contributed by atoms with Crippen LogP contribution in [0.4, 0.5) is 5.69 Å². The van der Waals surface area contributed by atoms with E-state index in [0.717, 1.165) is 4.57 Å². The van der Waals surface area contributed by atoms with Crippen LogP contribution in [-0.2, 0) is 4.74 Å². The Balaban J connectivity index is 2.26. The number of ether oxygens (including phenoxy) is 4. The van der Waals surface area contributed by atoms with E-state index in [1.165, 1.54) is 40.7 Å². The molecule has 2 aromatic carbocycles. The average Bonchev–Trinajstić information content (AvgIpc) is 2.87. The van der Waals surface area contributed by atoms with E-state index in [0.29, 0.717) is 38.9 Å². The molecule has 0 unspecified atom stereocenters. The molecule has 10 heteroatoms. The second kappa shape index (κ2) is 9.26. The van der Waals surface area contributed by atoms with Gasteiger partial charge in [-0.15, -0.1) is 0 Å². The molecule has 0 radical (unpaired) electrons. The molecule has 10 nitrogen and oxygen atoms in total. The van der Waals surface area contributed by atoms with Crippen LogP contribution < -0.4 is 30.2 Å². The third kappa shape index (κ3) is 3.84. The average molecular weight is 477 g/mol. The highest BCUT2D eigenvalue weighted by Gasteiger charge is 2.29. The second-order valence-electron chi connectivity index (χ2n) is 7.46. The molecular formula is C25H23N3O7. The SMILES string of the molecule is COC(=O)c1c(-c2cc(OC)c(OC)c(OC)c2)c2ccc[n+]([O-])c2c(=O)n1-c1ccc(N)cc1. The number of aromatic nitrogens is 2. The van der Waals surface area contributed by atoms with Gasteiger partial charge in [-0.3, -0.25) is 9.36 Å². The van der Waals surface area contributed by atoms with Crippen LogP contribution >= 0.6 is 0 Å². The fourth-order valence-corrected chi connectivity index (χ4v) is 4.03. The zero-order valence-corrected chi connectivity index (χ0v) is 19.5. The van der Waals surface area contributed by atoms with Gasteiger partial charge >= 0.3 is 11.5 Å². The van der Waals surface area contributed by atoms with Crippen molar-refractivity contribution >= 4 is 22.6 Å². The topological polar surface area (TPSA) is 129 Å². The van der Waals surface area contributed by atoms with Crippen molar-refractivity contribution in [3.63, 3.8) is 0 Å². The quantitative estimate of drug-likeness (QED) is 0.194. The van der Waals surface area contributed by atoms with Crippen LogP contribution in [0.25, 0.3) is 27.7 Å². The van der Waals surface area contributed by atoms with Crippen LogP contribution in [0.1, 0.15) is 10.5 Å². The van der Waals surface area contributed by atoms with E-state index in [2.05, 4.69) is 0 Å². The number of nitrogens with two attached hydrogens (primary N) is 1. The summed E-state index contributed by atoms with van der Waals surface area (Å²) in [4.78, 5) is 26.8. The van der Waals surface area contributed by atoms with Gasteiger partial charge in [-0.05, 0) is 48.0 Å². The number of hydrogen-bond acceptors (Lipinski definition) is 8. The number of rotatable bonds is 6. The van der Waals surface area contributed by atoms with Gasteiger partial charge in [-0.1, -0.05) is 0 Å². The van der Waals surface area contributed by atoms with Crippen molar-refractivity contribution in [1.82, 2.24) is 4.57 Å². The highest BCUT2D eigenvalue weighted by molar-refractivity contribution is 6.06. The third-order valence-electron chi connectivity index (χ3n) is 5.58. The van der Waals surface area contributed by atoms with Gasteiger partial charge in [0, 0.05) is 23.0 Å². The monoisotopic (exact) mass is 477 g/mol. The molecule has 0 spiro atoms. The standard InChI is InChI=1S/C25H23N3O7/c1-32-18-12-14(13-19(33-2)23(18)34-3)20-17-6-5-11-27(31)21(17)24(29)28(22(20)25(30)35-4)16-9-7-15(26)8-10-16/h5-13H,26H2,1-4H3. The van der Waals surface area contributed by atoms with Crippen molar-refractivity contribution in [2.45, 2.75) is 0 Å². The van der Waals surface area contributed by atoms with Gasteiger partial charge in [-0.2, -0.15) is 4.73 Å². The van der Waals surface area contributed by atoms with Crippen LogP contribution in [0.3, 0.4) is 0 Å². The first kappa shape index (κ1) is 23.4. The summed E-state index contributed by atoms with van der Waals surface area (Å²) < 4.78 is 23.1. The molecule has 0 aliphatic rings. The van der Waals surface area contributed by atoms with Crippen molar-refractivity contribution in [3.8, 4) is 34.1 Å². The summed E-state index contributed by atoms with van der Waals surface area (Å²) >= 11 is 0. The minimum Gasteiger partial charge on any atom is -0.618 e. The van der Waals surface area contributed by atoms with Crippen LogP contribution in [0.5, 0.6) is 17.2 Å². The Morgan fingerprint density at radius 1 is 0.971 bits per heavy atom. The molecule has 2 aromatic heterocycles. The molecule has 0 saturated carbocycles. The van der Waals surface area contributed by atoms with Gasteiger partial charge in [0.1, 0.15) is 5.69 Å². The minimum absolute atomic E-state index is 0.0877. The zero-order valence-electron chi connectivity index (χ0n) is 19.5. The number of carbonyl (C=O) groups excluding carboxylic acids is 1. The summed E-state index contributed by atoms with van der Waals surface area (Å²) in [6.07, 6.45) is 1.22. The highest BCUT2D eigenvalue weighted by atomic mass is 16.5. The van der Waals surface area contributed by atoms with E-state index in [4.69, 9.17) is 24.7 Å². The number of anilines is 1. The molecule has 0 aliphatic heterocycles. The first-order valence-electron chi connectivity index (χ1n) is 10.4. The number of esters is 1. The summed E-state index contributed by atoms with van der Waals surface area (Å²) in [5, 5.41) is 13.1. The van der Waals surface area contributed by atoms with Gasteiger partial charge in [0.05, 0.1) is 33.8 Å². The Kier molecular flexibility index (Phi) is 6.20. The fraction of sp³-hybridized carbons (Fsp3) is 0.160. The molecule has 0 bridgehead atoms. The molecule has 35 heavy (non-hydrogen) atoms. The van der Waals surface area contributed by atoms with Crippen molar-refractivity contribution in [2.75, 3.05) is 34.2 Å². The van der Waals surface area contributed by atoms with Crippen molar-refractivity contribution in [2.24, 2.45) is 0 Å². The van der Waals surface area contributed by atoms with E-state index in [9.17, 15) is 14.8 Å². The molecule has 0 saturated heterocycles. The Morgan fingerprint density at radius 2 is 1.60 bits per heavy atom. The van der Waals surface area contributed by atoms with Gasteiger partial charge in [-0.25, -0.2) is 4.79 Å². The number of methoxy groups -OCH3 is 4. The lowest BCUT2D eigenvalue weighted by molar-refractivity contribution is -0.577. The Labute approximate surface area is 200 Å². The Hall–Kier alpha value is -4.73. The van der Waals surface area contributed by atoms with Crippen LogP contribution in [0.2, 0.25) is 0 Å². The summed E-state index contributed by atoms with van der Waals surface area (Å²) in [6, 6.07) is 12.7. The van der Waals surface area contributed by atoms with E-state index in [1.807, 2.05) is 0 Å². The predicted octanol–water partition coefficient (Wildman–Crippen LogP) is 2.69. The van der Waals surface area contributed by atoms with Crippen molar-refractivity contribution < 1.29 is 28.5 Å². The summed E-state index contributed by atoms with van der Waals surface area (Å²) in [5.74, 6) is 0.197. The van der Waals surface area contributed by atoms with E-state index in [-0.39, 0.29) is 22.2 Å². The van der Waals surface area contributed by atoms with Gasteiger partial charge in [0.15, 0.2) is 17.7 Å². The lowest BCUT2D eigenvalue weighted by atomic mass is 9.97. The minimum atomic E-state index is -0.786. The summed E-state index contributed by atoms with van der Waals surface area (Å²) in [7, 11) is 5.60. The maximum Gasteiger partial charge on any atom is 0.355 e. The van der Waals surface area contributed by atoms with E-state index >= 15 is 0 Å². The molecule has 0 atom stereocenters. The number of fused-ring (bicyclic) bond motifs is 1. The second-order valence-corrected chi connectivity index (χ2v) is 7.46. The number of benzene rings is 2. The molecule has 0 amide bonds. The highest BCUT2D eigenvalue weighted by Crippen LogP contribution is 2.43. The maximum absolute atomic E-state index is 13.6.